The van der Waals surface area contributed by atoms with E-state index in [1.54, 1.807) is 13.0 Å². The Morgan fingerprint density at radius 2 is 2.10 bits per heavy atom. The number of esters is 1. The zero-order valence-electron chi connectivity index (χ0n) is 17.0. The molecule has 1 aliphatic heterocycles. The Hall–Kier alpha value is -4.20. The predicted octanol–water partition coefficient (Wildman–Crippen LogP) is 2.30. The van der Waals surface area contributed by atoms with Gasteiger partial charge < -0.3 is 15.8 Å². The standard InChI is InChI=1S/C20H19FN6O4/c1-4-30-20(29)15-10(2)27(19-18(24-11(3)28)25-31-26-19)17(23)13(9-22)16(15)12-7-5-6-8-14(12)21/h5-8,16H,4,23H2,1-3H3,(H,24,25,28)/t16-/m0/s1. The van der Waals surface area contributed by atoms with E-state index in [-0.39, 0.29) is 46.5 Å². The van der Waals surface area contributed by atoms with Gasteiger partial charge in [0.15, 0.2) is 0 Å². The normalized spacial score (nSPS) is 16.2. The summed E-state index contributed by atoms with van der Waals surface area (Å²) in [6.07, 6.45) is 0. The van der Waals surface area contributed by atoms with Crippen molar-refractivity contribution in [3.05, 3.63) is 58.3 Å². The molecule has 1 aromatic carbocycles. The summed E-state index contributed by atoms with van der Waals surface area (Å²) >= 11 is 0. The summed E-state index contributed by atoms with van der Waals surface area (Å²) in [5.74, 6) is -3.16. The maximum Gasteiger partial charge on any atom is 0.336 e. The highest BCUT2D eigenvalue weighted by molar-refractivity contribution is 5.96. The summed E-state index contributed by atoms with van der Waals surface area (Å²) in [4.78, 5) is 25.7. The number of benzene rings is 1. The summed E-state index contributed by atoms with van der Waals surface area (Å²) in [7, 11) is 0. The summed E-state index contributed by atoms with van der Waals surface area (Å²) in [6.45, 7) is 4.48. The molecular formula is C20H19FN6O4. The van der Waals surface area contributed by atoms with Crippen molar-refractivity contribution >= 4 is 23.5 Å². The highest BCUT2D eigenvalue weighted by Crippen LogP contribution is 2.44. The van der Waals surface area contributed by atoms with Gasteiger partial charge in [-0.1, -0.05) is 18.2 Å². The van der Waals surface area contributed by atoms with E-state index in [0.717, 1.165) is 0 Å². The molecule has 1 atom stereocenters. The molecule has 0 saturated carbocycles. The first-order chi connectivity index (χ1) is 14.8. The third-order valence-corrected chi connectivity index (χ3v) is 4.63. The van der Waals surface area contributed by atoms with Gasteiger partial charge in [0.05, 0.1) is 29.7 Å². The zero-order valence-corrected chi connectivity index (χ0v) is 17.0. The van der Waals surface area contributed by atoms with E-state index in [1.807, 2.05) is 6.07 Å². The van der Waals surface area contributed by atoms with Gasteiger partial charge in [0.1, 0.15) is 11.6 Å². The number of nitrogens with zero attached hydrogens (tertiary/aromatic N) is 4. The molecular weight excluding hydrogens is 407 g/mol. The number of hydrogen-bond acceptors (Lipinski definition) is 9. The molecule has 2 aromatic rings. The molecule has 11 heteroatoms. The van der Waals surface area contributed by atoms with Crippen LogP contribution in [0.1, 0.15) is 32.3 Å². The van der Waals surface area contributed by atoms with E-state index < -0.39 is 23.6 Å². The fourth-order valence-corrected chi connectivity index (χ4v) is 3.39. The number of ether oxygens (including phenoxy) is 1. The number of amides is 1. The molecule has 0 fully saturated rings. The van der Waals surface area contributed by atoms with Crippen LogP contribution in [0.3, 0.4) is 0 Å². The lowest BCUT2D eigenvalue weighted by Crippen LogP contribution is -2.37. The van der Waals surface area contributed by atoms with Crippen molar-refractivity contribution in [3.8, 4) is 6.07 Å². The number of carbonyl (C=O) groups is 2. The maximum atomic E-state index is 14.7. The van der Waals surface area contributed by atoms with E-state index >= 15 is 0 Å². The molecule has 0 aliphatic carbocycles. The van der Waals surface area contributed by atoms with E-state index in [1.165, 1.54) is 36.9 Å². The van der Waals surface area contributed by atoms with Crippen LogP contribution >= 0.6 is 0 Å². The highest BCUT2D eigenvalue weighted by atomic mass is 19.1. The minimum Gasteiger partial charge on any atom is -0.463 e. The molecule has 3 N–H and O–H groups in total. The van der Waals surface area contributed by atoms with Crippen LogP contribution in [0, 0.1) is 17.1 Å². The van der Waals surface area contributed by atoms with Crippen LogP contribution in [0.15, 0.2) is 51.6 Å². The summed E-state index contributed by atoms with van der Waals surface area (Å²) in [6, 6.07) is 7.74. The van der Waals surface area contributed by atoms with E-state index in [2.05, 4.69) is 15.6 Å². The van der Waals surface area contributed by atoms with Gasteiger partial charge in [0, 0.05) is 18.2 Å². The number of nitriles is 1. The average molecular weight is 426 g/mol. The molecule has 0 unspecified atom stereocenters. The molecule has 1 amide bonds. The van der Waals surface area contributed by atoms with E-state index in [9.17, 15) is 19.2 Å². The monoisotopic (exact) mass is 426 g/mol. The van der Waals surface area contributed by atoms with Crippen LogP contribution in [-0.4, -0.2) is 28.8 Å². The molecule has 10 nitrogen and oxygen atoms in total. The van der Waals surface area contributed by atoms with E-state index in [4.69, 9.17) is 15.1 Å². The Morgan fingerprint density at radius 3 is 2.71 bits per heavy atom. The molecule has 3 rings (SSSR count). The Labute approximate surface area is 176 Å². The summed E-state index contributed by atoms with van der Waals surface area (Å²) in [5.41, 5.74) is 6.48. The number of rotatable bonds is 5. The Kier molecular flexibility index (Phi) is 6.01. The van der Waals surface area contributed by atoms with Crippen LogP contribution in [0.4, 0.5) is 16.0 Å². The summed E-state index contributed by atoms with van der Waals surface area (Å²) in [5, 5.41) is 19.7. The first kappa shape index (κ1) is 21.5. The second kappa shape index (κ2) is 8.66. The highest BCUT2D eigenvalue weighted by Gasteiger charge is 2.41. The lowest BCUT2D eigenvalue weighted by Gasteiger charge is -2.34. The van der Waals surface area contributed by atoms with Gasteiger partial charge in [-0.2, -0.15) is 5.26 Å². The lowest BCUT2D eigenvalue weighted by molar-refractivity contribution is -0.138. The molecule has 160 valence electrons. The number of hydrogen-bond donors (Lipinski definition) is 2. The smallest absolute Gasteiger partial charge is 0.336 e. The maximum absolute atomic E-state index is 14.7. The van der Waals surface area contributed by atoms with Crippen molar-refractivity contribution in [1.29, 1.82) is 5.26 Å². The van der Waals surface area contributed by atoms with Gasteiger partial charge in [0.25, 0.3) is 0 Å². The third kappa shape index (κ3) is 3.83. The topological polar surface area (TPSA) is 147 Å². The number of halogens is 1. The van der Waals surface area contributed by atoms with Crippen molar-refractivity contribution in [2.75, 3.05) is 16.8 Å². The van der Waals surface area contributed by atoms with Gasteiger partial charge in [-0.05, 0) is 30.2 Å². The molecule has 0 bridgehead atoms. The summed E-state index contributed by atoms with van der Waals surface area (Å²) < 4.78 is 24.6. The molecule has 31 heavy (non-hydrogen) atoms. The Morgan fingerprint density at radius 1 is 1.39 bits per heavy atom. The van der Waals surface area contributed by atoms with Crippen LogP contribution in [-0.2, 0) is 14.3 Å². The van der Waals surface area contributed by atoms with Crippen molar-refractivity contribution in [2.45, 2.75) is 26.7 Å². The average Bonchev–Trinajstić information content (AvgIpc) is 3.15. The van der Waals surface area contributed by atoms with Crippen molar-refractivity contribution in [1.82, 2.24) is 10.3 Å². The van der Waals surface area contributed by atoms with E-state index in [0.29, 0.717) is 0 Å². The Balaban J connectivity index is 2.29. The molecule has 0 radical (unpaired) electrons. The van der Waals surface area contributed by atoms with Crippen LogP contribution in [0.25, 0.3) is 0 Å². The van der Waals surface area contributed by atoms with Crippen LogP contribution in [0.5, 0.6) is 0 Å². The number of aromatic nitrogens is 2. The quantitative estimate of drug-likeness (QED) is 0.687. The first-order valence-electron chi connectivity index (χ1n) is 9.24. The molecule has 2 heterocycles. The fraction of sp³-hybridized carbons (Fsp3) is 0.250. The second-order valence-electron chi connectivity index (χ2n) is 6.54. The minimum absolute atomic E-state index is 0.00512. The number of carbonyl (C=O) groups excluding carboxylic acids is 2. The SMILES string of the molecule is CCOC(=O)C1=C(C)N(c2nonc2NC(C)=O)C(N)=C(C#N)[C@@H]1c1ccccc1F. The molecule has 1 aliphatic rings. The molecule has 0 saturated heterocycles. The number of nitrogens with one attached hydrogen (secondary N) is 1. The third-order valence-electron chi connectivity index (χ3n) is 4.63. The second-order valence-corrected chi connectivity index (χ2v) is 6.54. The Bertz CT molecular complexity index is 1150. The number of nitrogens with two attached hydrogens (primary N) is 1. The van der Waals surface area contributed by atoms with Gasteiger partial charge in [-0.15, -0.1) is 0 Å². The lowest BCUT2D eigenvalue weighted by atomic mass is 9.81. The largest absolute Gasteiger partial charge is 0.463 e. The van der Waals surface area contributed by atoms with Gasteiger partial charge in [-0.25, -0.2) is 13.8 Å². The van der Waals surface area contributed by atoms with Gasteiger partial charge in [0.2, 0.25) is 17.5 Å². The molecule has 1 aromatic heterocycles. The molecule has 0 spiro atoms. The zero-order chi connectivity index (χ0) is 22.7. The predicted molar refractivity (Wildman–Crippen MR) is 106 cm³/mol. The van der Waals surface area contributed by atoms with Crippen LogP contribution < -0.4 is 16.0 Å². The number of allylic oxidation sites excluding steroid dienone is 2. The van der Waals surface area contributed by atoms with Crippen LogP contribution in [0.2, 0.25) is 0 Å². The number of anilines is 2. The van der Waals surface area contributed by atoms with Crippen molar-refractivity contribution in [3.63, 3.8) is 0 Å². The van der Waals surface area contributed by atoms with Crippen molar-refractivity contribution in [2.24, 2.45) is 5.73 Å². The van der Waals surface area contributed by atoms with Crippen molar-refractivity contribution < 1.29 is 23.3 Å². The van der Waals surface area contributed by atoms with Gasteiger partial charge in [-0.3, -0.25) is 9.69 Å². The fourth-order valence-electron chi connectivity index (χ4n) is 3.39. The first-order valence-corrected chi connectivity index (χ1v) is 9.24. The minimum atomic E-state index is -1.11. The van der Waals surface area contributed by atoms with Gasteiger partial charge >= 0.3 is 5.97 Å².